The van der Waals surface area contributed by atoms with Crippen molar-refractivity contribution >= 4 is 47.7 Å². The number of fused-ring (bicyclic) bond motifs is 1. The van der Waals surface area contributed by atoms with Gasteiger partial charge in [-0.1, -0.05) is 0 Å². The maximum atomic E-state index is 14.7. The summed E-state index contributed by atoms with van der Waals surface area (Å²) < 4.78 is 16.5. The molecule has 1 aromatic carbocycles. The Balaban J connectivity index is 0.00000160. The molecule has 3 heterocycles. The third-order valence-corrected chi connectivity index (χ3v) is 5.04. The highest BCUT2D eigenvalue weighted by Gasteiger charge is 2.19. The average Bonchev–Trinajstić information content (AvgIpc) is 3.02. The number of carbonyl (C=O) groups is 1. The van der Waals surface area contributed by atoms with Crippen LogP contribution in [0.15, 0.2) is 36.7 Å². The number of nitrogens with one attached hydrogen (secondary N) is 2. The van der Waals surface area contributed by atoms with Gasteiger partial charge < -0.3 is 19.9 Å². The molecule has 4 rings (SSSR count). The van der Waals surface area contributed by atoms with Crippen molar-refractivity contribution in [2.45, 2.75) is 26.8 Å². The summed E-state index contributed by atoms with van der Waals surface area (Å²) in [5, 5.41) is 6.16. The fourth-order valence-corrected chi connectivity index (χ4v) is 3.71. The average molecular weight is 454 g/mol. The SMILES string of the molecule is Cc1cn2cc(NC(=O)c3ccc(N4CCNC(C)C4)cc3F)cc(C)c2n1.Cl.Cl. The van der Waals surface area contributed by atoms with Gasteiger partial charge in [-0.2, -0.15) is 0 Å². The number of halogens is 3. The lowest BCUT2D eigenvalue weighted by Gasteiger charge is -2.33. The Labute approximate surface area is 187 Å². The number of aryl methyl sites for hydroxylation is 2. The van der Waals surface area contributed by atoms with Gasteiger partial charge in [0.15, 0.2) is 0 Å². The molecule has 3 aromatic rings. The smallest absolute Gasteiger partial charge is 0.258 e. The molecule has 1 aliphatic rings. The minimum Gasteiger partial charge on any atom is -0.369 e. The van der Waals surface area contributed by atoms with E-state index in [1.165, 1.54) is 6.07 Å². The standard InChI is InChI=1S/C21H24FN5O.2ClH/c1-13-8-16(12-27-11-15(3)24-20(13)27)25-21(28)18-5-4-17(9-19(18)22)26-7-6-23-14(2)10-26;;/h4-5,8-9,11-12,14,23H,6-7,10H2,1-3H3,(H,25,28);2*1H. The van der Waals surface area contributed by atoms with Gasteiger partial charge in [-0.05, 0) is 50.6 Å². The third-order valence-electron chi connectivity index (χ3n) is 5.04. The third kappa shape index (κ3) is 4.86. The Bertz CT molecular complexity index is 1060. The van der Waals surface area contributed by atoms with Gasteiger partial charge in [0.05, 0.1) is 16.9 Å². The minimum atomic E-state index is -0.516. The molecule has 6 nitrogen and oxygen atoms in total. The van der Waals surface area contributed by atoms with Gasteiger partial charge in [0.2, 0.25) is 0 Å². The number of amides is 1. The molecule has 0 radical (unpaired) electrons. The lowest BCUT2D eigenvalue weighted by Crippen LogP contribution is -2.49. The largest absolute Gasteiger partial charge is 0.369 e. The van der Waals surface area contributed by atoms with Crippen molar-refractivity contribution in [1.82, 2.24) is 14.7 Å². The molecule has 2 aromatic heterocycles. The van der Waals surface area contributed by atoms with Crippen molar-refractivity contribution < 1.29 is 9.18 Å². The zero-order valence-electron chi connectivity index (χ0n) is 17.1. The first-order valence-electron chi connectivity index (χ1n) is 9.46. The highest BCUT2D eigenvalue weighted by Crippen LogP contribution is 2.22. The van der Waals surface area contributed by atoms with Gasteiger partial charge in [0.1, 0.15) is 11.5 Å². The summed E-state index contributed by atoms with van der Waals surface area (Å²) in [4.78, 5) is 19.2. The van der Waals surface area contributed by atoms with Crippen LogP contribution in [0, 0.1) is 19.7 Å². The topological polar surface area (TPSA) is 61.7 Å². The molecule has 0 spiro atoms. The summed E-state index contributed by atoms with van der Waals surface area (Å²) in [5.74, 6) is -0.981. The Hall–Kier alpha value is -2.35. The molecule has 30 heavy (non-hydrogen) atoms. The van der Waals surface area contributed by atoms with Gasteiger partial charge in [-0.15, -0.1) is 24.8 Å². The van der Waals surface area contributed by atoms with Crippen LogP contribution < -0.4 is 15.5 Å². The van der Waals surface area contributed by atoms with E-state index in [1.807, 2.05) is 36.6 Å². The van der Waals surface area contributed by atoms with E-state index in [0.717, 1.165) is 42.2 Å². The molecule has 1 atom stereocenters. The molecular formula is C21H26Cl2FN5O. The lowest BCUT2D eigenvalue weighted by molar-refractivity contribution is 0.102. The molecule has 1 unspecified atom stereocenters. The Morgan fingerprint density at radius 3 is 2.70 bits per heavy atom. The molecule has 0 bridgehead atoms. The van der Waals surface area contributed by atoms with E-state index >= 15 is 0 Å². The highest BCUT2D eigenvalue weighted by atomic mass is 35.5. The fraction of sp³-hybridized carbons (Fsp3) is 0.333. The van der Waals surface area contributed by atoms with Crippen LogP contribution in [-0.4, -0.2) is 41.0 Å². The lowest BCUT2D eigenvalue weighted by atomic mass is 10.1. The summed E-state index contributed by atoms with van der Waals surface area (Å²) in [6.07, 6.45) is 3.68. The fourth-order valence-electron chi connectivity index (χ4n) is 3.71. The summed E-state index contributed by atoms with van der Waals surface area (Å²) in [7, 11) is 0. The van der Waals surface area contributed by atoms with Crippen LogP contribution in [0.2, 0.25) is 0 Å². The summed E-state index contributed by atoms with van der Waals surface area (Å²) in [6, 6.07) is 7.00. The summed E-state index contributed by atoms with van der Waals surface area (Å²) in [6.45, 7) is 8.45. The van der Waals surface area contributed by atoms with Crippen molar-refractivity contribution in [2.75, 3.05) is 29.9 Å². The zero-order valence-corrected chi connectivity index (χ0v) is 18.7. The molecule has 9 heteroatoms. The van der Waals surface area contributed by atoms with Crippen LogP contribution in [0.25, 0.3) is 5.65 Å². The normalized spacial score (nSPS) is 16.0. The number of hydrogen-bond donors (Lipinski definition) is 2. The number of nitrogens with zero attached hydrogens (tertiary/aromatic N) is 3. The van der Waals surface area contributed by atoms with Gasteiger partial charge in [0, 0.05) is 43.8 Å². The van der Waals surface area contributed by atoms with Crippen molar-refractivity contribution in [3.63, 3.8) is 0 Å². The molecule has 0 aliphatic carbocycles. The van der Waals surface area contributed by atoms with E-state index in [2.05, 4.69) is 27.4 Å². The van der Waals surface area contributed by atoms with Gasteiger partial charge in [0.25, 0.3) is 5.91 Å². The summed E-state index contributed by atoms with van der Waals surface area (Å²) in [5.41, 5.74) is 4.12. The van der Waals surface area contributed by atoms with Crippen molar-refractivity contribution in [2.24, 2.45) is 0 Å². The maximum Gasteiger partial charge on any atom is 0.258 e. The molecule has 2 N–H and O–H groups in total. The van der Waals surface area contributed by atoms with Crippen molar-refractivity contribution in [3.8, 4) is 0 Å². The minimum absolute atomic E-state index is 0. The van der Waals surface area contributed by atoms with E-state index in [9.17, 15) is 9.18 Å². The first-order chi connectivity index (χ1) is 13.4. The van der Waals surface area contributed by atoms with Crippen LogP contribution in [0.5, 0.6) is 0 Å². The monoisotopic (exact) mass is 453 g/mol. The number of piperazine rings is 1. The molecule has 1 aliphatic heterocycles. The second kappa shape index (κ2) is 9.64. The van der Waals surface area contributed by atoms with E-state index in [4.69, 9.17) is 0 Å². The predicted molar refractivity (Wildman–Crippen MR) is 123 cm³/mol. The number of pyridine rings is 1. The predicted octanol–water partition coefficient (Wildman–Crippen LogP) is 3.98. The van der Waals surface area contributed by atoms with E-state index < -0.39 is 11.7 Å². The van der Waals surface area contributed by atoms with Crippen LogP contribution >= 0.6 is 24.8 Å². The zero-order chi connectivity index (χ0) is 19.8. The van der Waals surface area contributed by atoms with Crippen molar-refractivity contribution in [3.05, 3.63) is 59.3 Å². The second-order valence-electron chi connectivity index (χ2n) is 7.44. The molecule has 162 valence electrons. The quantitative estimate of drug-likeness (QED) is 0.629. The highest BCUT2D eigenvalue weighted by molar-refractivity contribution is 6.04. The number of anilines is 2. The van der Waals surface area contributed by atoms with Crippen LogP contribution in [0.1, 0.15) is 28.5 Å². The molecular weight excluding hydrogens is 428 g/mol. The van der Waals surface area contributed by atoms with Crippen LogP contribution in [-0.2, 0) is 0 Å². The van der Waals surface area contributed by atoms with E-state index in [0.29, 0.717) is 11.7 Å². The number of rotatable bonds is 3. The number of hydrogen-bond acceptors (Lipinski definition) is 4. The number of benzene rings is 1. The van der Waals surface area contributed by atoms with Crippen LogP contribution in [0.4, 0.5) is 15.8 Å². The first-order valence-corrected chi connectivity index (χ1v) is 9.46. The Kier molecular flexibility index (Phi) is 7.69. The molecule has 1 saturated heterocycles. The maximum absolute atomic E-state index is 14.7. The Morgan fingerprint density at radius 1 is 1.23 bits per heavy atom. The number of carbonyl (C=O) groups excluding carboxylic acids is 1. The van der Waals surface area contributed by atoms with E-state index in [1.54, 1.807) is 12.3 Å². The first kappa shape index (κ1) is 23.9. The molecule has 0 saturated carbocycles. The molecule has 1 amide bonds. The number of aromatic nitrogens is 2. The molecule has 1 fully saturated rings. The number of imidazole rings is 1. The van der Waals surface area contributed by atoms with Gasteiger partial charge >= 0.3 is 0 Å². The van der Waals surface area contributed by atoms with E-state index in [-0.39, 0.29) is 30.4 Å². The Morgan fingerprint density at radius 2 is 2.00 bits per heavy atom. The summed E-state index contributed by atoms with van der Waals surface area (Å²) >= 11 is 0. The van der Waals surface area contributed by atoms with Gasteiger partial charge in [-0.25, -0.2) is 9.37 Å². The van der Waals surface area contributed by atoms with Gasteiger partial charge in [-0.3, -0.25) is 4.79 Å². The van der Waals surface area contributed by atoms with Crippen LogP contribution in [0.3, 0.4) is 0 Å². The van der Waals surface area contributed by atoms with Crippen molar-refractivity contribution in [1.29, 1.82) is 0 Å². The second-order valence-corrected chi connectivity index (χ2v) is 7.44.